The largest absolute Gasteiger partial charge is 0.323 e. The Morgan fingerprint density at radius 3 is 2.30 bits per heavy atom. The lowest BCUT2D eigenvalue weighted by atomic mass is 10.1. The summed E-state index contributed by atoms with van der Waals surface area (Å²) in [5.74, 6) is -0.457. The number of rotatable bonds is 5. The Morgan fingerprint density at radius 1 is 1.00 bits per heavy atom. The first-order valence-electron chi connectivity index (χ1n) is 6.70. The van der Waals surface area contributed by atoms with Crippen LogP contribution in [0.3, 0.4) is 0 Å². The van der Waals surface area contributed by atoms with Gasteiger partial charge in [0.1, 0.15) is 0 Å². The van der Waals surface area contributed by atoms with Gasteiger partial charge >= 0.3 is 0 Å². The summed E-state index contributed by atoms with van der Waals surface area (Å²) in [6.45, 7) is 3.37. The van der Waals surface area contributed by atoms with Gasteiger partial charge in [0, 0.05) is 11.3 Å². The number of allylic oxidation sites excluding steroid dienone is 1. The van der Waals surface area contributed by atoms with Crippen LogP contribution in [0.15, 0.2) is 61.2 Å². The van der Waals surface area contributed by atoms with Crippen LogP contribution in [0.2, 0.25) is 10.0 Å². The van der Waals surface area contributed by atoms with Crippen molar-refractivity contribution in [2.24, 2.45) is 0 Å². The lowest BCUT2D eigenvalue weighted by molar-refractivity contribution is -0.111. The van der Waals surface area contributed by atoms with E-state index in [0.717, 1.165) is 5.56 Å². The SMILES string of the molecule is C=CC(=O)Nc1ccc(C(=O)/C=C/c2ccc(Cl)c(Cl)c2)cc1. The van der Waals surface area contributed by atoms with E-state index in [9.17, 15) is 9.59 Å². The zero-order chi connectivity index (χ0) is 16.8. The average molecular weight is 346 g/mol. The minimum absolute atomic E-state index is 0.155. The summed E-state index contributed by atoms with van der Waals surface area (Å²) >= 11 is 11.8. The van der Waals surface area contributed by atoms with Crippen LogP contribution in [0, 0.1) is 0 Å². The third-order valence-electron chi connectivity index (χ3n) is 2.99. The Hall–Kier alpha value is -2.36. The molecule has 0 saturated carbocycles. The minimum Gasteiger partial charge on any atom is -0.323 e. The fourth-order valence-electron chi connectivity index (χ4n) is 1.80. The number of hydrogen-bond acceptors (Lipinski definition) is 2. The Labute approximate surface area is 144 Å². The van der Waals surface area contributed by atoms with Gasteiger partial charge in [-0.2, -0.15) is 0 Å². The Morgan fingerprint density at radius 2 is 1.70 bits per heavy atom. The monoisotopic (exact) mass is 345 g/mol. The van der Waals surface area contributed by atoms with E-state index in [-0.39, 0.29) is 11.7 Å². The van der Waals surface area contributed by atoms with Crippen LogP contribution in [0.25, 0.3) is 6.08 Å². The smallest absolute Gasteiger partial charge is 0.247 e. The highest BCUT2D eigenvalue weighted by atomic mass is 35.5. The van der Waals surface area contributed by atoms with Crippen molar-refractivity contribution in [3.63, 3.8) is 0 Å². The van der Waals surface area contributed by atoms with Crippen molar-refractivity contribution in [3.05, 3.63) is 82.4 Å². The van der Waals surface area contributed by atoms with Crippen molar-refractivity contribution in [2.75, 3.05) is 5.32 Å². The average Bonchev–Trinajstić information content (AvgIpc) is 2.56. The molecule has 0 spiro atoms. The molecule has 116 valence electrons. The molecule has 2 aromatic carbocycles. The number of carbonyl (C=O) groups is 2. The van der Waals surface area contributed by atoms with Crippen LogP contribution in [-0.4, -0.2) is 11.7 Å². The molecule has 0 aliphatic heterocycles. The summed E-state index contributed by atoms with van der Waals surface area (Å²) in [6, 6.07) is 11.7. The molecule has 0 aromatic heterocycles. The fourth-order valence-corrected chi connectivity index (χ4v) is 2.10. The molecule has 0 aliphatic rings. The van der Waals surface area contributed by atoms with Gasteiger partial charge in [-0.15, -0.1) is 0 Å². The maximum atomic E-state index is 12.1. The van der Waals surface area contributed by atoms with Gasteiger partial charge in [0.15, 0.2) is 5.78 Å². The Bertz CT molecular complexity index is 780. The maximum absolute atomic E-state index is 12.1. The third kappa shape index (κ3) is 4.81. The second-order valence-electron chi connectivity index (χ2n) is 4.64. The lowest BCUT2D eigenvalue weighted by Crippen LogP contribution is -2.07. The molecule has 2 rings (SSSR count). The quantitative estimate of drug-likeness (QED) is 0.611. The molecular formula is C18H13Cl2NO2. The third-order valence-corrected chi connectivity index (χ3v) is 3.73. The second-order valence-corrected chi connectivity index (χ2v) is 5.46. The lowest BCUT2D eigenvalue weighted by Gasteiger charge is -2.02. The van der Waals surface area contributed by atoms with Gasteiger partial charge in [0.05, 0.1) is 10.0 Å². The summed E-state index contributed by atoms with van der Waals surface area (Å²) in [7, 11) is 0. The van der Waals surface area contributed by atoms with E-state index in [1.807, 2.05) is 0 Å². The van der Waals surface area contributed by atoms with Gasteiger partial charge < -0.3 is 5.32 Å². The predicted octanol–water partition coefficient (Wildman–Crippen LogP) is 5.01. The number of hydrogen-bond donors (Lipinski definition) is 1. The first kappa shape index (κ1) is 17.0. The zero-order valence-electron chi connectivity index (χ0n) is 12.1. The van der Waals surface area contributed by atoms with Crippen molar-refractivity contribution in [1.29, 1.82) is 0 Å². The fraction of sp³-hybridized carbons (Fsp3) is 0. The highest BCUT2D eigenvalue weighted by Gasteiger charge is 2.03. The molecule has 23 heavy (non-hydrogen) atoms. The molecule has 0 bridgehead atoms. The molecule has 3 nitrogen and oxygen atoms in total. The number of nitrogens with one attached hydrogen (secondary N) is 1. The summed E-state index contributed by atoms with van der Waals surface area (Å²) in [6.07, 6.45) is 4.30. The molecule has 1 amide bonds. The molecule has 2 aromatic rings. The van der Waals surface area contributed by atoms with Crippen LogP contribution in [0.5, 0.6) is 0 Å². The standard InChI is InChI=1S/C18H13Cl2NO2/c1-2-18(23)21-14-7-5-13(6-8-14)17(22)10-4-12-3-9-15(19)16(20)11-12/h2-11H,1H2,(H,21,23)/b10-4+. The number of ketones is 1. The molecule has 0 aliphatic carbocycles. The number of anilines is 1. The van der Waals surface area contributed by atoms with Gasteiger partial charge in [-0.3, -0.25) is 9.59 Å². The molecule has 5 heteroatoms. The number of carbonyl (C=O) groups excluding carboxylic acids is 2. The number of amides is 1. The summed E-state index contributed by atoms with van der Waals surface area (Å²) < 4.78 is 0. The molecule has 0 unspecified atom stereocenters. The molecule has 0 heterocycles. The first-order valence-corrected chi connectivity index (χ1v) is 7.46. The van der Waals surface area contributed by atoms with Gasteiger partial charge in [-0.1, -0.05) is 41.9 Å². The highest BCUT2D eigenvalue weighted by molar-refractivity contribution is 6.42. The van der Waals surface area contributed by atoms with Crippen molar-refractivity contribution < 1.29 is 9.59 Å². The van der Waals surface area contributed by atoms with E-state index in [4.69, 9.17) is 23.2 Å². The molecular weight excluding hydrogens is 333 g/mol. The summed E-state index contributed by atoms with van der Waals surface area (Å²) in [4.78, 5) is 23.3. The highest BCUT2D eigenvalue weighted by Crippen LogP contribution is 2.23. The van der Waals surface area contributed by atoms with Crippen LogP contribution in [0.1, 0.15) is 15.9 Å². The summed E-state index contributed by atoms with van der Waals surface area (Å²) in [5.41, 5.74) is 1.89. The van der Waals surface area contributed by atoms with E-state index in [1.54, 1.807) is 48.5 Å². The van der Waals surface area contributed by atoms with Crippen molar-refractivity contribution in [2.45, 2.75) is 0 Å². The van der Waals surface area contributed by atoms with Crippen LogP contribution >= 0.6 is 23.2 Å². The Balaban J connectivity index is 2.08. The molecule has 0 saturated heterocycles. The van der Waals surface area contributed by atoms with Crippen molar-refractivity contribution in [3.8, 4) is 0 Å². The topological polar surface area (TPSA) is 46.2 Å². The molecule has 1 N–H and O–H groups in total. The van der Waals surface area contributed by atoms with Crippen LogP contribution < -0.4 is 5.32 Å². The maximum Gasteiger partial charge on any atom is 0.247 e. The van der Waals surface area contributed by atoms with E-state index in [1.165, 1.54) is 12.2 Å². The predicted molar refractivity (Wildman–Crippen MR) is 95.1 cm³/mol. The van der Waals surface area contributed by atoms with E-state index in [0.29, 0.717) is 21.3 Å². The summed E-state index contributed by atoms with van der Waals surface area (Å²) in [5, 5.41) is 3.51. The van der Waals surface area contributed by atoms with Gasteiger partial charge in [-0.25, -0.2) is 0 Å². The number of benzene rings is 2. The van der Waals surface area contributed by atoms with Crippen molar-refractivity contribution >= 4 is 46.7 Å². The van der Waals surface area contributed by atoms with Crippen LogP contribution in [0.4, 0.5) is 5.69 Å². The van der Waals surface area contributed by atoms with Gasteiger partial charge in [-0.05, 0) is 54.1 Å². The van der Waals surface area contributed by atoms with Gasteiger partial charge in [0.25, 0.3) is 0 Å². The molecule has 0 atom stereocenters. The number of halogens is 2. The Kier molecular flexibility index (Phi) is 5.74. The van der Waals surface area contributed by atoms with E-state index in [2.05, 4.69) is 11.9 Å². The molecule has 0 fully saturated rings. The van der Waals surface area contributed by atoms with Crippen molar-refractivity contribution in [1.82, 2.24) is 0 Å². The van der Waals surface area contributed by atoms with Crippen LogP contribution in [-0.2, 0) is 4.79 Å². The van der Waals surface area contributed by atoms with Gasteiger partial charge in [0.2, 0.25) is 5.91 Å². The first-order chi connectivity index (χ1) is 11.0. The second kappa shape index (κ2) is 7.77. The van der Waals surface area contributed by atoms with E-state index >= 15 is 0 Å². The normalized spacial score (nSPS) is 10.5. The van der Waals surface area contributed by atoms with E-state index < -0.39 is 0 Å². The molecule has 0 radical (unpaired) electrons. The minimum atomic E-state index is -0.302. The zero-order valence-corrected chi connectivity index (χ0v) is 13.6.